The summed E-state index contributed by atoms with van der Waals surface area (Å²) in [5.74, 6) is 0.115. The van der Waals surface area contributed by atoms with Gasteiger partial charge in [0.05, 0.1) is 33.0 Å². The van der Waals surface area contributed by atoms with E-state index < -0.39 is 0 Å². The van der Waals surface area contributed by atoms with Crippen LogP contribution in [0.2, 0.25) is 0 Å². The fraction of sp³-hybridized carbons (Fsp3) is 0.941. The van der Waals surface area contributed by atoms with Crippen LogP contribution < -0.4 is 5.32 Å². The summed E-state index contributed by atoms with van der Waals surface area (Å²) in [6.07, 6.45) is 7.47. The Hall–Kier alpha value is -0.690. The van der Waals surface area contributed by atoms with Gasteiger partial charge in [-0.2, -0.15) is 0 Å². The van der Waals surface area contributed by atoms with Crippen LogP contribution in [-0.4, -0.2) is 66.3 Å². The number of methoxy groups -OCH3 is 2. The van der Waals surface area contributed by atoms with Crippen LogP contribution in [0.5, 0.6) is 0 Å². The van der Waals surface area contributed by atoms with Crippen molar-refractivity contribution in [3.8, 4) is 0 Å². The first kappa shape index (κ1) is 22.3. The van der Waals surface area contributed by atoms with E-state index in [9.17, 15) is 4.79 Å². The van der Waals surface area contributed by atoms with E-state index in [0.717, 1.165) is 25.9 Å². The second-order valence-electron chi connectivity index (χ2n) is 5.43. The SMILES string of the molecule is COCCCCCCCCC(=O)NCCOCCOCCOC.[HH]. The third-order valence-corrected chi connectivity index (χ3v) is 3.37. The van der Waals surface area contributed by atoms with Crippen molar-refractivity contribution in [2.24, 2.45) is 0 Å². The number of hydrogen-bond donors (Lipinski definition) is 1. The molecule has 0 aromatic heterocycles. The summed E-state index contributed by atoms with van der Waals surface area (Å²) >= 11 is 0. The molecule has 1 N–H and O–H groups in total. The Labute approximate surface area is 142 Å². The average molecular weight is 335 g/mol. The Morgan fingerprint density at radius 2 is 1.30 bits per heavy atom. The first-order valence-electron chi connectivity index (χ1n) is 8.71. The quantitative estimate of drug-likeness (QED) is 0.390. The lowest BCUT2D eigenvalue weighted by Gasteiger charge is -2.07. The number of nitrogens with one attached hydrogen (secondary N) is 1. The van der Waals surface area contributed by atoms with Crippen molar-refractivity contribution >= 4 is 5.91 Å². The van der Waals surface area contributed by atoms with Crippen molar-refractivity contribution in [2.45, 2.75) is 44.9 Å². The third kappa shape index (κ3) is 19.3. The van der Waals surface area contributed by atoms with Gasteiger partial charge in [-0.3, -0.25) is 4.79 Å². The van der Waals surface area contributed by atoms with E-state index in [4.69, 9.17) is 18.9 Å². The number of ether oxygens (including phenoxy) is 4. The Morgan fingerprint density at radius 1 is 0.739 bits per heavy atom. The minimum absolute atomic E-state index is 0. The molecule has 140 valence electrons. The molecule has 6 nitrogen and oxygen atoms in total. The maximum atomic E-state index is 11.6. The van der Waals surface area contributed by atoms with Gasteiger partial charge in [-0.15, -0.1) is 0 Å². The van der Waals surface area contributed by atoms with Crippen molar-refractivity contribution in [1.29, 1.82) is 0 Å². The van der Waals surface area contributed by atoms with Crippen LogP contribution in [0.3, 0.4) is 0 Å². The molecule has 0 atom stereocenters. The van der Waals surface area contributed by atoms with Crippen LogP contribution in [0.1, 0.15) is 46.4 Å². The number of hydrogen-bond acceptors (Lipinski definition) is 5. The lowest BCUT2D eigenvalue weighted by molar-refractivity contribution is -0.121. The number of rotatable bonds is 18. The maximum absolute atomic E-state index is 11.6. The van der Waals surface area contributed by atoms with Crippen LogP contribution >= 0.6 is 0 Å². The molecule has 23 heavy (non-hydrogen) atoms. The van der Waals surface area contributed by atoms with Crippen molar-refractivity contribution in [3.05, 3.63) is 0 Å². The molecule has 0 heterocycles. The summed E-state index contributed by atoms with van der Waals surface area (Å²) in [5.41, 5.74) is 0. The van der Waals surface area contributed by atoms with Crippen molar-refractivity contribution < 1.29 is 25.2 Å². The van der Waals surface area contributed by atoms with Crippen LogP contribution in [0.4, 0.5) is 0 Å². The topological polar surface area (TPSA) is 66.0 Å². The normalized spacial score (nSPS) is 10.9. The number of amides is 1. The third-order valence-electron chi connectivity index (χ3n) is 3.37. The molecule has 1 amide bonds. The zero-order chi connectivity index (χ0) is 17.0. The summed E-state index contributed by atoms with van der Waals surface area (Å²) in [7, 11) is 3.38. The molecule has 0 fully saturated rings. The summed E-state index contributed by atoms with van der Waals surface area (Å²) < 4.78 is 20.5. The van der Waals surface area contributed by atoms with Gasteiger partial charge in [0.2, 0.25) is 5.91 Å². The molecular formula is C17H37NO5. The number of carbonyl (C=O) groups is 1. The molecule has 0 rings (SSSR count). The van der Waals surface area contributed by atoms with E-state index in [2.05, 4.69) is 5.32 Å². The molecular weight excluding hydrogens is 298 g/mol. The molecule has 0 spiro atoms. The smallest absolute Gasteiger partial charge is 0.220 e. The Bertz CT molecular complexity index is 257. The predicted octanol–water partition coefficient (Wildman–Crippen LogP) is 2.41. The second kappa shape index (κ2) is 19.4. The molecule has 6 heteroatoms. The second-order valence-corrected chi connectivity index (χ2v) is 5.43. The zero-order valence-corrected chi connectivity index (χ0v) is 14.9. The van der Waals surface area contributed by atoms with Crippen LogP contribution in [0.15, 0.2) is 0 Å². The lowest BCUT2D eigenvalue weighted by Crippen LogP contribution is -2.27. The van der Waals surface area contributed by atoms with Gasteiger partial charge in [0.1, 0.15) is 0 Å². The summed E-state index contributed by atoms with van der Waals surface area (Å²) in [6.45, 7) is 4.23. The van der Waals surface area contributed by atoms with E-state index >= 15 is 0 Å². The molecule has 0 aromatic carbocycles. The summed E-state index contributed by atoms with van der Waals surface area (Å²) in [6, 6.07) is 0. The van der Waals surface area contributed by atoms with E-state index in [1.54, 1.807) is 14.2 Å². The molecule has 0 saturated heterocycles. The van der Waals surface area contributed by atoms with Gasteiger partial charge >= 0.3 is 0 Å². The fourth-order valence-electron chi connectivity index (χ4n) is 2.05. The van der Waals surface area contributed by atoms with Crippen LogP contribution in [0.25, 0.3) is 0 Å². The number of unbranched alkanes of at least 4 members (excludes halogenated alkanes) is 5. The van der Waals surface area contributed by atoms with Crippen molar-refractivity contribution in [2.75, 3.05) is 60.4 Å². The van der Waals surface area contributed by atoms with E-state index in [0.29, 0.717) is 46.0 Å². The van der Waals surface area contributed by atoms with Gasteiger partial charge in [0, 0.05) is 35.2 Å². The predicted molar refractivity (Wildman–Crippen MR) is 92.8 cm³/mol. The lowest BCUT2D eigenvalue weighted by atomic mass is 10.1. The van der Waals surface area contributed by atoms with Crippen molar-refractivity contribution in [3.63, 3.8) is 0 Å². The van der Waals surface area contributed by atoms with E-state index in [-0.39, 0.29) is 7.33 Å². The first-order chi connectivity index (χ1) is 11.3. The van der Waals surface area contributed by atoms with E-state index in [1.165, 1.54) is 19.3 Å². The first-order valence-corrected chi connectivity index (χ1v) is 8.71. The monoisotopic (exact) mass is 335 g/mol. The molecule has 0 aliphatic rings. The Kier molecular flexibility index (Phi) is 18.8. The highest BCUT2D eigenvalue weighted by Gasteiger charge is 2.00. The molecule has 0 unspecified atom stereocenters. The highest BCUT2D eigenvalue weighted by atomic mass is 16.5. The van der Waals surface area contributed by atoms with E-state index in [1.807, 2.05) is 0 Å². The highest BCUT2D eigenvalue weighted by molar-refractivity contribution is 5.75. The van der Waals surface area contributed by atoms with Gasteiger partial charge < -0.3 is 24.3 Å². The molecule has 0 aliphatic heterocycles. The minimum atomic E-state index is 0. The molecule has 0 aliphatic carbocycles. The van der Waals surface area contributed by atoms with Crippen molar-refractivity contribution in [1.82, 2.24) is 5.32 Å². The molecule has 0 saturated carbocycles. The molecule has 0 radical (unpaired) electrons. The average Bonchev–Trinajstić information content (AvgIpc) is 2.56. The van der Waals surface area contributed by atoms with Gasteiger partial charge in [0.25, 0.3) is 0 Å². The molecule has 0 aromatic rings. The van der Waals surface area contributed by atoms with Crippen LogP contribution in [-0.2, 0) is 23.7 Å². The number of carbonyl (C=O) groups excluding carboxylic acids is 1. The Morgan fingerprint density at radius 3 is 2.00 bits per heavy atom. The van der Waals surface area contributed by atoms with Gasteiger partial charge in [-0.05, 0) is 12.8 Å². The zero-order valence-electron chi connectivity index (χ0n) is 14.9. The standard InChI is InChI=1S/C17H35NO5.H2/c1-20-11-8-6-4-3-5-7-9-17(19)18-10-12-22-15-16-23-14-13-21-2;/h3-16H2,1-2H3,(H,18,19);1H. The van der Waals surface area contributed by atoms with Crippen LogP contribution in [0, 0.1) is 0 Å². The fourth-order valence-corrected chi connectivity index (χ4v) is 2.05. The summed E-state index contributed by atoms with van der Waals surface area (Å²) in [4.78, 5) is 11.6. The maximum Gasteiger partial charge on any atom is 0.220 e. The summed E-state index contributed by atoms with van der Waals surface area (Å²) in [5, 5.41) is 2.87. The largest absolute Gasteiger partial charge is 0.385 e. The molecule has 0 bridgehead atoms. The van der Waals surface area contributed by atoms with Gasteiger partial charge in [-0.25, -0.2) is 0 Å². The Balaban J connectivity index is 0. The van der Waals surface area contributed by atoms with Gasteiger partial charge in [0.15, 0.2) is 0 Å². The van der Waals surface area contributed by atoms with Gasteiger partial charge in [-0.1, -0.05) is 25.7 Å². The highest BCUT2D eigenvalue weighted by Crippen LogP contribution is 2.07. The minimum Gasteiger partial charge on any atom is -0.385 e.